The first-order chi connectivity index (χ1) is 20.5. The Labute approximate surface area is 278 Å². The molecule has 2 aliphatic rings. The Morgan fingerprint density at radius 1 is 0.600 bits per heavy atom. The van der Waals surface area contributed by atoms with Crippen molar-refractivity contribution < 1.29 is 38.9 Å². The van der Waals surface area contributed by atoms with Crippen LogP contribution < -0.4 is 0 Å². The molecule has 2 saturated carbocycles. The summed E-state index contributed by atoms with van der Waals surface area (Å²) >= 11 is 0. The molecule has 0 aromatic rings. The highest BCUT2D eigenvalue weighted by Crippen LogP contribution is 2.34. The monoisotopic (exact) mass is 704 g/mol. The summed E-state index contributed by atoms with van der Waals surface area (Å²) in [5.74, 6) is 2.40. The Hall–Kier alpha value is -0.270. The molecule has 0 unspecified atom stereocenters. The van der Waals surface area contributed by atoms with E-state index in [1.54, 1.807) is 0 Å². The summed E-state index contributed by atoms with van der Waals surface area (Å²) in [6.45, 7) is 19.1. The molecule has 0 heterocycles. The minimum atomic E-state index is -4.07. The third kappa shape index (κ3) is 27.4. The van der Waals surface area contributed by atoms with Gasteiger partial charge in [0.1, 0.15) is 0 Å². The minimum absolute atomic E-state index is 0.103. The molecule has 2 aliphatic carbocycles. The van der Waals surface area contributed by atoms with Crippen molar-refractivity contribution in [3.8, 4) is 0 Å². The van der Waals surface area contributed by atoms with Crippen LogP contribution in [0.5, 0.6) is 0 Å². The highest BCUT2D eigenvalue weighted by Gasteiger charge is 2.34. The summed E-state index contributed by atoms with van der Waals surface area (Å²) < 4.78 is 94.6. The average molecular weight is 705 g/mol. The molecular weight excluding hydrogens is 637 g/mol. The van der Waals surface area contributed by atoms with Crippen molar-refractivity contribution in [2.45, 2.75) is 169 Å². The van der Waals surface area contributed by atoms with Gasteiger partial charge in [-0.15, -0.1) is 0 Å². The van der Waals surface area contributed by atoms with Crippen LogP contribution in [-0.4, -0.2) is 55.2 Å². The van der Waals surface area contributed by atoms with Gasteiger partial charge in [-0.25, -0.2) is 16.8 Å². The normalized spacial score (nSPS) is 22.7. The average Bonchev–Trinajstić information content (AvgIpc) is 2.86. The van der Waals surface area contributed by atoms with E-state index in [1.165, 1.54) is 19.3 Å². The predicted octanol–water partition coefficient (Wildman–Crippen LogP) is 8.42. The molecule has 0 radical (unpaired) electrons. The molecule has 0 aliphatic heterocycles. The van der Waals surface area contributed by atoms with Crippen molar-refractivity contribution in [3.63, 3.8) is 0 Å². The number of hydrogen-bond donors (Lipinski definition) is 1. The second kappa shape index (κ2) is 24.0. The topological polar surface area (TPSA) is 169 Å². The molecule has 0 aromatic carbocycles. The lowest BCUT2D eigenvalue weighted by atomic mass is 9.83. The Morgan fingerprint density at radius 2 is 0.978 bits per heavy atom. The van der Waals surface area contributed by atoms with E-state index in [4.69, 9.17) is 4.55 Å². The van der Waals surface area contributed by atoms with Crippen LogP contribution in [0.3, 0.4) is 0 Å². The van der Waals surface area contributed by atoms with E-state index in [0.717, 1.165) is 63.7 Å². The first-order valence-electron chi connectivity index (χ1n) is 17.4. The van der Waals surface area contributed by atoms with E-state index < -0.39 is 40.9 Å². The maximum absolute atomic E-state index is 11.1. The van der Waals surface area contributed by atoms with E-state index in [-0.39, 0.29) is 17.6 Å². The molecule has 9 nitrogen and oxygen atoms in total. The first-order valence-corrected chi connectivity index (χ1v) is 21.9. The molecule has 4 atom stereocenters. The fourth-order valence-electron chi connectivity index (χ4n) is 6.15. The van der Waals surface area contributed by atoms with Crippen LogP contribution in [0.2, 0.25) is 0 Å². The number of rotatable bonds is 13. The summed E-state index contributed by atoms with van der Waals surface area (Å²) in [4.78, 5) is 0. The van der Waals surface area contributed by atoms with Crippen LogP contribution in [0, 0.1) is 35.5 Å². The van der Waals surface area contributed by atoms with Crippen molar-refractivity contribution in [2.75, 3.05) is 5.75 Å². The van der Waals surface area contributed by atoms with Gasteiger partial charge in [0.15, 0.2) is 0 Å². The number of unbranched alkanes of at least 4 members (excludes halogenated alkanes) is 1. The van der Waals surface area contributed by atoms with Gasteiger partial charge in [0.25, 0.3) is 10.1 Å². The molecule has 0 aromatic heterocycles. The Kier molecular flexibility index (Phi) is 24.9. The van der Waals surface area contributed by atoms with Crippen LogP contribution in [-0.2, 0) is 30.4 Å². The molecule has 0 amide bonds. The van der Waals surface area contributed by atoms with Gasteiger partial charge in [0.2, 0.25) is 0 Å². The Balaban J connectivity index is 0. The molecule has 274 valence electrons. The van der Waals surface area contributed by atoms with Crippen LogP contribution >= 0.6 is 0 Å². The van der Waals surface area contributed by atoms with Crippen LogP contribution in [0.15, 0.2) is 0 Å². The summed E-state index contributed by atoms with van der Waals surface area (Å²) in [5.41, 5.74) is 0. The molecule has 2 rings (SSSR count). The lowest BCUT2D eigenvalue weighted by molar-refractivity contribution is 0.291. The van der Waals surface area contributed by atoms with E-state index in [1.807, 2.05) is 13.8 Å². The SMILES string of the molecule is CC(C)CCCS(=O)(=O)[O-].CC(C)C[C@@H]1CCCC[C@H]1S(=O)(=O)O.CC(C)C[C@H]1CCCC[C@@H]1S(=O)(=O)[O-].CCCCC(C)C. The zero-order valence-electron chi connectivity index (χ0n) is 29.9. The second-order valence-corrected chi connectivity index (χ2v) is 19.5. The zero-order chi connectivity index (χ0) is 35.4. The van der Waals surface area contributed by atoms with Crippen LogP contribution in [0.4, 0.5) is 0 Å². The van der Waals surface area contributed by atoms with E-state index in [2.05, 4.69) is 48.5 Å². The molecular formula is C33H68O9S3-2. The van der Waals surface area contributed by atoms with Crippen molar-refractivity contribution >= 4 is 30.4 Å². The second-order valence-electron chi connectivity index (χ2n) is 14.8. The van der Waals surface area contributed by atoms with Gasteiger partial charge < -0.3 is 9.11 Å². The highest BCUT2D eigenvalue weighted by atomic mass is 32.2. The molecule has 2 fully saturated rings. The van der Waals surface area contributed by atoms with Gasteiger partial charge >= 0.3 is 0 Å². The van der Waals surface area contributed by atoms with Crippen LogP contribution in [0.1, 0.15) is 159 Å². The Morgan fingerprint density at radius 3 is 1.29 bits per heavy atom. The number of hydrogen-bond acceptors (Lipinski definition) is 8. The summed E-state index contributed by atoms with van der Waals surface area (Å²) in [6.07, 6.45) is 14.3. The third-order valence-electron chi connectivity index (χ3n) is 8.29. The van der Waals surface area contributed by atoms with Crippen molar-refractivity contribution in [3.05, 3.63) is 0 Å². The molecule has 0 spiro atoms. The molecule has 0 bridgehead atoms. The summed E-state index contributed by atoms with van der Waals surface area (Å²) in [7, 11) is -11.9. The lowest BCUT2D eigenvalue weighted by Crippen LogP contribution is -2.33. The van der Waals surface area contributed by atoms with Gasteiger partial charge in [-0.2, -0.15) is 8.42 Å². The molecule has 45 heavy (non-hydrogen) atoms. The van der Waals surface area contributed by atoms with Gasteiger partial charge in [0.05, 0.1) is 30.7 Å². The van der Waals surface area contributed by atoms with Gasteiger partial charge in [-0.05, 0) is 80.5 Å². The maximum atomic E-state index is 11.1. The predicted molar refractivity (Wildman–Crippen MR) is 185 cm³/mol. The van der Waals surface area contributed by atoms with E-state index in [0.29, 0.717) is 37.0 Å². The van der Waals surface area contributed by atoms with Crippen LogP contribution in [0.25, 0.3) is 0 Å². The fourth-order valence-corrected chi connectivity index (χ4v) is 9.04. The van der Waals surface area contributed by atoms with Gasteiger partial charge in [-0.3, -0.25) is 4.55 Å². The summed E-state index contributed by atoms with van der Waals surface area (Å²) in [6, 6.07) is 0. The van der Waals surface area contributed by atoms with Gasteiger partial charge in [0, 0.05) is 5.75 Å². The quantitative estimate of drug-likeness (QED) is 0.185. The lowest BCUT2D eigenvalue weighted by Gasteiger charge is -2.34. The summed E-state index contributed by atoms with van der Waals surface area (Å²) in [5, 5.41) is -1.11. The zero-order valence-corrected chi connectivity index (χ0v) is 32.3. The molecule has 1 N–H and O–H groups in total. The highest BCUT2D eigenvalue weighted by molar-refractivity contribution is 7.86. The smallest absolute Gasteiger partial charge is 0.268 e. The van der Waals surface area contributed by atoms with Gasteiger partial charge in [-0.1, -0.05) is 114 Å². The van der Waals surface area contributed by atoms with E-state index >= 15 is 0 Å². The molecule has 0 saturated heterocycles. The van der Waals surface area contributed by atoms with E-state index in [9.17, 15) is 34.4 Å². The standard InChI is InChI=1S/2C10H20O3S.C7H16.C6H14O3S/c2*1-8(2)7-9-5-3-4-6-10(9)14(11,12)13;1-4-5-6-7(2)3;1-6(2)4-3-5-10(7,8)9/h2*8-10H,3-7H2,1-2H3,(H,11,12,13);7H,4-6H2,1-3H3;6H,3-5H2,1-2H3,(H,7,8,9)/p-2/t2*9-,10+;;/m10../s1. The minimum Gasteiger partial charge on any atom is -0.748 e. The van der Waals surface area contributed by atoms with Crippen molar-refractivity contribution in [1.82, 2.24) is 0 Å². The third-order valence-corrected chi connectivity index (χ3v) is 11.8. The maximum Gasteiger partial charge on any atom is 0.268 e. The largest absolute Gasteiger partial charge is 0.748 e. The molecule has 12 heteroatoms. The van der Waals surface area contributed by atoms with Crippen molar-refractivity contribution in [1.29, 1.82) is 0 Å². The van der Waals surface area contributed by atoms with Crippen molar-refractivity contribution in [2.24, 2.45) is 35.5 Å². The fraction of sp³-hybridized carbons (Fsp3) is 1.00. The Bertz CT molecular complexity index is 993. The first kappa shape index (κ1) is 46.8.